The van der Waals surface area contributed by atoms with Crippen molar-refractivity contribution in [3.8, 4) is 0 Å². The minimum Gasteiger partial charge on any atom is -0.323 e. The zero-order chi connectivity index (χ0) is 9.42. The first kappa shape index (κ1) is 8.91. The lowest BCUT2D eigenvalue weighted by molar-refractivity contribution is 0.794. The third kappa shape index (κ3) is 1.42. The molecule has 1 nitrogen and oxygen atoms in total. The molecule has 13 heavy (non-hydrogen) atoms. The molecule has 0 radical (unpaired) electrons. The number of thiazole rings is 1. The molecule has 0 saturated heterocycles. The monoisotopic (exact) mass is 209 g/mol. The van der Waals surface area contributed by atoms with Crippen molar-refractivity contribution in [3.05, 3.63) is 27.7 Å². The van der Waals surface area contributed by atoms with E-state index in [2.05, 4.69) is 36.6 Å². The van der Waals surface area contributed by atoms with Gasteiger partial charge in [0.2, 0.25) is 0 Å². The Morgan fingerprint density at radius 2 is 2.23 bits per heavy atom. The van der Waals surface area contributed by atoms with Crippen molar-refractivity contribution in [2.45, 2.75) is 20.4 Å². The van der Waals surface area contributed by atoms with Gasteiger partial charge < -0.3 is 4.57 Å². The molecule has 0 unspecified atom stereocenters. The van der Waals surface area contributed by atoms with Crippen LogP contribution in [0.5, 0.6) is 0 Å². The van der Waals surface area contributed by atoms with Crippen LogP contribution in [0.2, 0.25) is 0 Å². The topological polar surface area (TPSA) is 4.93 Å². The molecule has 0 fully saturated rings. The summed E-state index contributed by atoms with van der Waals surface area (Å²) >= 11 is 6.97. The molecule has 0 aliphatic rings. The van der Waals surface area contributed by atoms with E-state index in [0.717, 1.165) is 10.5 Å². The molecule has 0 saturated carbocycles. The second-order valence-electron chi connectivity index (χ2n) is 3.08. The summed E-state index contributed by atoms with van der Waals surface area (Å²) in [6.07, 6.45) is 0. The van der Waals surface area contributed by atoms with Gasteiger partial charge in [-0.1, -0.05) is 6.07 Å². The summed E-state index contributed by atoms with van der Waals surface area (Å²) in [6, 6.07) is 6.48. The molecular formula is C10H11NS2. The SMILES string of the molecule is CCn1c(=S)sc2cc(C)ccc21. The fourth-order valence-corrected chi connectivity index (χ4v) is 3.02. The second kappa shape index (κ2) is 3.24. The van der Waals surface area contributed by atoms with Gasteiger partial charge in [-0.05, 0) is 43.8 Å². The highest BCUT2D eigenvalue weighted by Gasteiger charge is 2.02. The molecule has 0 aliphatic carbocycles. The molecule has 1 aromatic carbocycles. The van der Waals surface area contributed by atoms with E-state index in [1.165, 1.54) is 15.8 Å². The number of rotatable bonds is 1. The van der Waals surface area contributed by atoms with E-state index >= 15 is 0 Å². The van der Waals surface area contributed by atoms with Gasteiger partial charge in [0.1, 0.15) is 0 Å². The van der Waals surface area contributed by atoms with Crippen LogP contribution in [-0.4, -0.2) is 4.57 Å². The normalized spacial score (nSPS) is 10.9. The lowest BCUT2D eigenvalue weighted by Gasteiger charge is -1.99. The fraction of sp³-hybridized carbons (Fsp3) is 0.300. The van der Waals surface area contributed by atoms with E-state index in [1.54, 1.807) is 11.3 Å². The van der Waals surface area contributed by atoms with Gasteiger partial charge in [0.15, 0.2) is 3.95 Å². The standard InChI is InChI=1S/C10H11NS2/c1-3-11-8-5-4-7(2)6-9(8)13-10(11)12/h4-6H,3H2,1-2H3. The number of hydrogen-bond acceptors (Lipinski definition) is 2. The number of fused-ring (bicyclic) bond motifs is 1. The van der Waals surface area contributed by atoms with E-state index < -0.39 is 0 Å². The average Bonchev–Trinajstić information content (AvgIpc) is 2.39. The van der Waals surface area contributed by atoms with E-state index in [4.69, 9.17) is 12.2 Å². The maximum absolute atomic E-state index is 5.28. The van der Waals surface area contributed by atoms with Crippen LogP contribution in [-0.2, 0) is 6.54 Å². The minimum absolute atomic E-state index is 0.960. The van der Waals surface area contributed by atoms with E-state index in [0.29, 0.717) is 0 Å². The number of aryl methyl sites for hydroxylation is 2. The lowest BCUT2D eigenvalue weighted by Crippen LogP contribution is -1.91. The summed E-state index contributed by atoms with van der Waals surface area (Å²) < 4.78 is 4.45. The zero-order valence-electron chi connectivity index (χ0n) is 7.70. The quantitative estimate of drug-likeness (QED) is 0.647. The first-order valence-corrected chi connectivity index (χ1v) is 5.55. The van der Waals surface area contributed by atoms with Gasteiger partial charge in [0.05, 0.1) is 10.2 Å². The Hall–Kier alpha value is -0.670. The van der Waals surface area contributed by atoms with Crippen molar-refractivity contribution < 1.29 is 0 Å². The Kier molecular flexibility index (Phi) is 2.22. The third-order valence-corrected chi connectivity index (χ3v) is 3.55. The number of benzene rings is 1. The van der Waals surface area contributed by atoms with Crippen molar-refractivity contribution in [2.75, 3.05) is 0 Å². The predicted octanol–water partition coefficient (Wildman–Crippen LogP) is 3.76. The summed E-state index contributed by atoms with van der Waals surface area (Å²) in [6.45, 7) is 5.20. The number of nitrogens with zero attached hydrogens (tertiary/aromatic N) is 1. The molecule has 0 spiro atoms. The third-order valence-electron chi connectivity index (χ3n) is 2.14. The molecule has 3 heteroatoms. The molecule has 0 aliphatic heterocycles. The highest BCUT2D eigenvalue weighted by atomic mass is 32.1. The van der Waals surface area contributed by atoms with Crippen molar-refractivity contribution >= 4 is 33.8 Å². The van der Waals surface area contributed by atoms with Crippen molar-refractivity contribution in [2.24, 2.45) is 0 Å². The van der Waals surface area contributed by atoms with Crippen LogP contribution >= 0.6 is 23.6 Å². The summed E-state index contributed by atoms with van der Waals surface area (Å²) in [5, 5.41) is 0. The van der Waals surface area contributed by atoms with Gasteiger partial charge >= 0.3 is 0 Å². The van der Waals surface area contributed by atoms with Gasteiger partial charge in [0.25, 0.3) is 0 Å². The number of hydrogen-bond donors (Lipinski definition) is 0. The molecule has 1 aromatic heterocycles. The van der Waals surface area contributed by atoms with Crippen LogP contribution in [0.1, 0.15) is 12.5 Å². The highest BCUT2D eigenvalue weighted by Crippen LogP contribution is 2.23. The molecule has 0 bridgehead atoms. The van der Waals surface area contributed by atoms with Crippen LogP contribution in [0, 0.1) is 10.9 Å². The molecule has 68 valence electrons. The maximum Gasteiger partial charge on any atom is 0.162 e. The van der Waals surface area contributed by atoms with Gasteiger partial charge in [-0.25, -0.2) is 0 Å². The van der Waals surface area contributed by atoms with Crippen LogP contribution in [0.3, 0.4) is 0 Å². The molecule has 2 aromatic rings. The van der Waals surface area contributed by atoms with E-state index in [9.17, 15) is 0 Å². The molecule has 0 amide bonds. The zero-order valence-corrected chi connectivity index (χ0v) is 9.34. The first-order valence-electron chi connectivity index (χ1n) is 4.32. The van der Waals surface area contributed by atoms with Crippen molar-refractivity contribution in [3.63, 3.8) is 0 Å². The van der Waals surface area contributed by atoms with Crippen LogP contribution in [0.25, 0.3) is 10.2 Å². The first-order chi connectivity index (χ1) is 6.22. The smallest absolute Gasteiger partial charge is 0.162 e. The molecule has 0 N–H and O–H groups in total. The number of aromatic nitrogens is 1. The Morgan fingerprint density at radius 3 is 2.92 bits per heavy atom. The Morgan fingerprint density at radius 1 is 1.46 bits per heavy atom. The summed E-state index contributed by atoms with van der Waals surface area (Å²) in [4.78, 5) is 0. The van der Waals surface area contributed by atoms with Gasteiger partial charge in [-0.15, -0.1) is 11.3 Å². The van der Waals surface area contributed by atoms with Crippen LogP contribution in [0.4, 0.5) is 0 Å². The summed E-state index contributed by atoms with van der Waals surface area (Å²) in [5.41, 5.74) is 2.56. The predicted molar refractivity (Wildman–Crippen MR) is 61.1 cm³/mol. The second-order valence-corrected chi connectivity index (χ2v) is 4.76. The molecule has 2 rings (SSSR count). The maximum atomic E-state index is 5.28. The van der Waals surface area contributed by atoms with Gasteiger partial charge in [-0.2, -0.15) is 0 Å². The Labute approximate surface area is 86.6 Å². The van der Waals surface area contributed by atoms with Gasteiger partial charge in [-0.3, -0.25) is 0 Å². The highest BCUT2D eigenvalue weighted by molar-refractivity contribution is 7.73. The lowest BCUT2D eigenvalue weighted by atomic mass is 10.2. The van der Waals surface area contributed by atoms with Crippen molar-refractivity contribution in [1.29, 1.82) is 0 Å². The Bertz CT molecular complexity index is 493. The minimum atomic E-state index is 0.960. The Balaban J connectivity index is 2.87. The molecule has 1 heterocycles. The van der Waals surface area contributed by atoms with E-state index in [1.807, 2.05) is 0 Å². The average molecular weight is 209 g/mol. The fourth-order valence-electron chi connectivity index (χ4n) is 1.47. The largest absolute Gasteiger partial charge is 0.323 e. The van der Waals surface area contributed by atoms with E-state index in [-0.39, 0.29) is 0 Å². The van der Waals surface area contributed by atoms with Gasteiger partial charge in [0, 0.05) is 6.54 Å². The van der Waals surface area contributed by atoms with Crippen LogP contribution < -0.4 is 0 Å². The summed E-state index contributed by atoms with van der Waals surface area (Å²) in [5.74, 6) is 0. The van der Waals surface area contributed by atoms with Crippen LogP contribution in [0.15, 0.2) is 18.2 Å². The molecule has 0 atom stereocenters. The summed E-state index contributed by atoms with van der Waals surface area (Å²) in [7, 11) is 0. The van der Waals surface area contributed by atoms with Crippen molar-refractivity contribution in [1.82, 2.24) is 4.57 Å². The molecular weight excluding hydrogens is 198 g/mol.